The second-order valence-electron chi connectivity index (χ2n) is 9.56. The van der Waals surface area contributed by atoms with Crippen molar-refractivity contribution in [2.45, 2.75) is 26.7 Å². The molecule has 39 heavy (non-hydrogen) atoms. The fourth-order valence-corrected chi connectivity index (χ4v) is 5.49. The molecule has 10 nitrogen and oxygen atoms in total. The maximum absolute atomic E-state index is 12.0. The van der Waals surface area contributed by atoms with Gasteiger partial charge in [0.05, 0.1) is 15.6 Å². The van der Waals surface area contributed by atoms with Gasteiger partial charge >= 0.3 is 12.0 Å². The SMILES string of the molecule is CCN(C(N)=O)c1nc2cc(-c3cnc(N4CCC(C)(C(=O)O)CC4)nc3)cc(C#Cc3ccncc3)c2s1. The Hall–Kier alpha value is -4.56. The molecule has 198 valence electrons. The molecule has 2 amide bonds. The first-order chi connectivity index (χ1) is 18.8. The monoisotopic (exact) mass is 541 g/mol. The molecule has 5 rings (SSSR count). The molecule has 1 aliphatic heterocycles. The Morgan fingerprint density at radius 2 is 1.82 bits per heavy atom. The number of anilines is 2. The minimum Gasteiger partial charge on any atom is -0.481 e. The Kier molecular flexibility index (Phi) is 7.13. The van der Waals surface area contributed by atoms with Crippen molar-refractivity contribution in [1.82, 2.24) is 19.9 Å². The van der Waals surface area contributed by atoms with Crippen LogP contribution in [0.25, 0.3) is 21.3 Å². The van der Waals surface area contributed by atoms with Gasteiger partial charge in [-0.15, -0.1) is 0 Å². The lowest BCUT2D eigenvalue weighted by Gasteiger charge is -2.36. The number of piperidine rings is 1. The van der Waals surface area contributed by atoms with Crippen molar-refractivity contribution in [3.63, 3.8) is 0 Å². The summed E-state index contributed by atoms with van der Waals surface area (Å²) in [5.74, 6) is 6.24. The lowest BCUT2D eigenvalue weighted by molar-refractivity contribution is -0.149. The van der Waals surface area contributed by atoms with E-state index in [1.807, 2.05) is 36.1 Å². The smallest absolute Gasteiger partial charge is 0.321 e. The van der Waals surface area contributed by atoms with Gasteiger partial charge in [-0.2, -0.15) is 0 Å². The second kappa shape index (κ2) is 10.7. The van der Waals surface area contributed by atoms with Gasteiger partial charge in [0.25, 0.3) is 0 Å². The zero-order valence-electron chi connectivity index (χ0n) is 21.6. The predicted molar refractivity (Wildman–Crippen MR) is 151 cm³/mol. The average Bonchev–Trinajstić information content (AvgIpc) is 3.36. The molecule has 1 fully saturated rings. The topological polar surface area (TPSA) is 138 Å². The van der Waals surface area contributed by atoms with Crippen LogP contribution in [-0.4, -0.2) is 56.7 Å². The lowest BCUT2D eigenvalue weighted by Crippen LogP contribution is -2.43. The lowest BCUT2D eigenvalue weighted by atomic mass is 9.80. The Labute approximate surface area is 229 Å². The van der Waals surface area contributed by atoms with E-state index >= 15 is 0 Å². The van der Waals surface area contributed by atoms with Crippen molar-refractivity contribution in [2.75, 3.05) is 29.4 Å². The van der Waals surface area contributed by atoms with Gasteiger partial charge in [0.15, 0.2) is 5.13 Å². The van der Waals surface area contributed by atoms with Gasteiger partial charge in [-0.25, -0.2) is 19.7 Å². The van der Waals surface area contributed by atoms with Crippen molar-refractivity contribution < 1.29 is 14.7 Å². The first-order valence-corrected chi connectivity index (χ1v) is 13.3. The Morgan fingerprint density at radius 1 is 1.13 bits per heavy atom. The van der Waals surface area contributed by atoms with Gasteiger partial charge in [-0.3, -0.25) is 14.7 Å². The normalized spacial score (nSPS) is 14.5. The van der Waals surface area contributed by atoms with E-state index in [1.54, 1.807) is 31.7 Å². The number of thiazole rings is 1. The number of carboxylic acids is 1. The minimum absolute atomic E-state index is 0.400. The van der Waals surface area contributed by atoms with E-state index in [0.717, 1.165) is 27.0 Å². The summed E-state index contributed by atoms with van der Waals surface area (Å²) in [4.78, 5) is 44.9. The van der Waals surface area contributed by atoms with Crippen LogP contribution >= 0.6 is 11.3 Å². The molecule has 0 atom stereocenters. The highest BCUT2D eigenvalue weighted by molar-refractivity contribution is 7.22. The number of hydrogen-bond donors (Lipinski definition) is 2. The molecule has 0 unspecified atom stereocenters. The summed E-state index contributed by atoms with van der Waals surface area (Å²) in [7, 11) is 0. The molecule has 3 N–H and O–H groups in total. The molecule has 1 saturated heterocycles. The number of urea groups is 1. The first-order valence-electron chi connectivity index (χ1n) is 12.5. The molecule has 0 radical (unpaired) electrons. The highest BCUT2D eigenvalue weighted by atomic mass is 32.1. The number of aromatic nitrogens is 4. The predicted octanol–water partition coefficient (Wildman–Crippen LogP) is 4.14. The molecule has 0 saturated carbocycles. The quantitative estimate of drug-likeness (QED) is 0.360. The number of aliphatic carboxylic acids is 1. The van der Waals surface area contributed by atoms with Crippen molar-refractivity contribution in [3.8, 4) is 23.0 Å². The third kappa shape index (κ3) is 5.37. The van der Waals surface area contributed by atoms with Gasteiger partial charge in [-0.05, 0) is 56.5 Å². The number of nitrogens with two attached hydrogens (primary N) is 1. The third-order valence-electron chi connectivity index (χ3n) is 6.95. The van der Waals surface area contributed by atoms with Crippen LogP contribution in [0.15, 0.2) is 49.1 Å². The molecule has 3 aromatic heterocycles. The molecule has 4 heterocycles. The summed E-state index contributed by atoms with van der Waals surface area (Å²) >= 11 is 1.37. The summed E-state index contributed by atoms with van der Waals surface area (Å²) < 4.78 is 0.849. The number of benzene rings is 1. The van der Waals surface area contributed by atoms with Crippen LogP contribution in [0.5, 0.6) is 0 Å². The summed E-state index contributed by atoms with van der Waals surface area (Å²) in [6.45, 7) is 5.19. The van der Waals surface area contributed by atoms with Crippen molar-refractivity contribution >= 4 is 44.6 Å². The summed E-state index contributed by atoms with van der Waals surface area (Å²) in [6, 6.07) is 7.01. The van der Waals surface area contributed by atoms with Crippen LogP contribution in [0.2, 0.25) is 0 Å². The van der Waals surface area contributed by atoms with Gasteiger partial charge in [0.2, 0.25) is 5.95 Å². The largest absolute Gasteiger partial charge is 0.481 e. The van der Waals surface area contributed by atoms with Crippen molar-refractivity contribution in [1.29, 1.82) is 0 Å². The number of rotatable bonds is 5. The summed E-state index contributed by atoms with van der Waals surface area (Å²) in [5.41, 5.74) is 8.76. The van der Waals surface area contributed by atoms with E-state index in [9.17, 15) is 14.7 Å². The van der Waals surface area contributed by atoms with Crippen LogP contribution in [0.1, 0.15) is 37.8 Å². The Bertz CT molecular complexity index is 1580. The standard InChI is InChI=1S/C28H27N7O3S/c1-3-35(25(29)38)27-33-22-15-20(14-19(23(22)39-27)5-4-18-6-10-30-11-7-18)21-16-31-26(32-17-21)34-12-8-28(2,9-13-34)24(36)37/h6-7,10-11,14-17H,3,8-9,12-13H2,1-2H3,(H2,29,38)(H,36,37). The fraction of sp³-hybridized carbons (Fsp3) is 0.286. The van der Waals surface area contributed by atoms with Crippen LogP contribution in [0.3, 0.4) is 0 Å². The number of fused-ring (bicyclic) bond motifs is 1. The molecule has 0 bridgehead atoms. The molecule has 0 aliphatic carbocycles. The first kappa shape index (κ1) is 26.1. The highest BCUT2D eigenvalue weighted by Crippen LogP contribution is 2.36. The summed E-state index contributed by atoms with van der Waals surface area (Å²) in [5, 5.41) is 10.0. The number of carboxylic acid groups (broad SMARTS) is 1. The number of hydrogen-bond acceptors (Lipinski definition) is 8. The minimum atomic E-state index is -0.764. The number of carbonyl (C=O) groups is 2. The second-order valence-corrected chi connectivity index (χ2v) is 10.5. The average molecular weight is 542 g/mol. The number of nitrogens with zero attached hydrogens (tertiary/aromatic N) is 6. The Morgan fingerprint density at radius 3 is 2.44 bits per heavy atom. The zero-order valence-corrected chi connectivity index (χ0v) is 22.4. The molecule has 4 aromatic rings. The molecular formula is C28H27N7O3S. The fourth-order valence-electron chi connectivity index (χ4n) is 4.40. The zero-order chi connectivity index (χ0) is 27.6. The van der Waals surface area contributed by atoms with Crippen LogP contribution < -0.4 is 15.5 Å². The van der Waals surface area contributed by atoms with E-state index in [4.69, 9.17) is 10.7 Å². The highest BCUT2D eigenvalue weighted by Gasteiger charge is 2.37. The van der Waals surface area contributed by atoms with Crippen LogP contribution in [0.4, 0.5) is 15.9 Å². The molecular weight excluding hydrogens is 514 g/mol. The van der Waals surface area contributed by atoms with Crippen LogP contribution in [-0.2, 0) is 4.79 Å². The van der Waals surface area contributed by atoms with Gasteiger partial charge in [0, 0.05) is 61.1 Å². The van der Waals surface area contributed by atoms with Crippen molar-refractivity contribution in [2.24, 2.45) is 11.1 Å². The van der Waals surface area contributed by atoms with Gasteiger partial charge in [0.1, 0.15) is 0 Å². The summed E-state index contributed by atoms with van der Waals surface area (Å²) in [6.07, 6.45) is 7.96. The Balaban J connectivity index is 1.49. The maximum atomic E-state index is 12.0. The number of amides is 2. The number of carbonyl (C=O) groups excluding carboxylic acids is 1. The van der Waals surface area contributed by atoms with Gasteiger partial charge < -0.3 is 15.7 Å². The van der Waals surface area contributed by atoms with E-state index in [0.29, 0.717) is 49.1 Å². The maximum Gasteiger partial charge on any atom is 0.321 e. The van der Waals surface area contributed by atoms with E-state index in [-0.39, 0.29) is 0 Å². The number of pyridine rings is 1. The molecule has 0 spiro atoms. The third-order valence-corrected chi connectivity index (χ3v) is 8.08. The molecule has 1 aliphatic rings. The van der Waals surface area contributed by atoms with E-state index in [1.165, 1.54) is 16.2 Å². The van der Waals surface area contributed by atoms with Gasteiger partial charge in [-0.1, -0.05) is 23.2 Å². The molecule has 1 aromatic carbocycles. The number of primary amides is 1. The van der Waals surface area contributed by atoms with Crippen LogP contribution in [0, 0.1) is 17.3 Å². The van der Waals surface area contributed by atoms with E-state index in [2.05, 4.69) is 26.8 Å². The van der Waals surface area contributed by atoms with Crippen molar-refractivity contribution in [3.05, 3.63) is 60.2 Å². The molecule has 11 heteroatoms. The van der Waals surface area contributed by atoms with E-state index < -0.39 is 17.4 Å².